The van der Waals surface area contributed by atoms with Gasteiger partial charge in [0, 0.05) is 0 Å². The number of hydrogen-bond donors (Lipinski definition) is 2. The van der Waals surface area contributed by atoms with Gasteiger partial charge in [-0.2, -0.15) is 0 Å². The molecule has 5 nitrogen and oxygen atoms in total. The summed E-state index contributed by atoms with van der Waals surface area (Å²) in [6, 6.07) is 6.39. The molecule has 0 spiro atoms. The molecule has 2 heterocycles. The zero-order valence-corrected chi connectivity index (χ0v) is 11.0. The van der Waals surface area contributed by atoms with Gasteiger partial charge >= 0.3 is 0 Å². The Bertz CT molecular complexity index is 614. The number of phenols is 1. The smallest absolute Gasteiger partial charge is 0.174 e. The van der Waals surface area contributed by atoms with Crippen LogP contribution >= 0.6 is 12.2 Å². The van der Waals surface area contributed by atoms with E-state index < -0.39 is 9.84 Å². The Hall–Kier alpha value is -1.34. The number of thiocarbonyl (C=S) groups is 1. The second kappa shape index (κ2) is 3.83. The Morgan fingerprint density at radius 3 is 2.78 bits per heavy atom. The van der Waals surface area contributed by atoms with Gasteiger partial charge < -0.3 is 15.3 Å². The Morgan fingerprint density at radius 2 is 2.06 bits per heavy atom. The third-order valence-electron chi connectivity index (χ3n) is 3.32. The molecule has 2 fully saturated rings. The monoisotopic (exact) mass is 284 g/mol. The highest BCUT2D eigenvalue weighted by Crippen LogP contribution is 2.34. The highest BCUT2D eigenvalue weighted by atomic mass is 32.2. The molecule has 2 aliphatic rings. The summed E-state index contributed by atoms with van der Waals surface area (Å²) in [4.78, 5) is 1.71. The van der Waals surface area contributed by atoms with Crippen molar-refractivity contribution in [2.75, 3.05) is 16.4 Å². The van der Waals surface area contributed by atoms with E-state index in [0.29, 0.717) is 10.8 Å². The first-order valence-electron chi connectivity index (χ1n) is 5.56. The molecule has 96 valence electrons. The number of phenolic OH excluding ortho intramolecular Hbond substituents is 1. The summed E-state index contributed by atoms with van der Waals surface area (Å²) >= 11 is 5.22. The lowest BCUT2D eigenvalue weighted by molar-refractivity contribution is 0.474. The first-order chi connectivity index (χ1) is 8.48. The van der Waals surface area contributed by atoms with E-state index in [9.17, 15) is 13.5 Å². The molecule has 2 saturated heterocycles. The van der Waals surface area contributed by atoms with Crippen molar-refractivity contribution < 1.29 is 13.5 Å². The maximum atomic E-state index is 11.6. The minimum atomic E-state index is -3.03. The van der Waals surface area contributed by atoms with Crippen LogP contribution in [0.5, 0.6) is 5.75 Å². The SMILES string of the molecule is O=S1(=O)C[C@H]2NC(=S)N(c3ccccc3O)[C@H]2C1. The average Bonchev–Trinajstić information content (AvgIpc) is 2.70. The fraction of sp³-hybridized carbons (Fsp3) is 0.364. The normalized spacial score (nSPS) is 29.1. The number of nitrogens with zero attached hydrogens (tertiary/aromatic N) is 1. The molecule has 3 rings (SSSR count). The highest BCUT2D eigenvalue weighted by molar-refractivity contribution is 7.91. The molecule has 0 amide bonds. The summed E-state index contributed by atoms with van der Waals surface area (Å²) in [6.45, 7) is 0. The predicted molar refractivity (Wildman–Crippen MR) is 72.5 cm³/mol. The number of rotatable bonds is 1. The summed E-state index contributed by atoms with van der Waals surface area (Å²) < 4.78 is 23.3. The van der Waals surface area contributed by atoms with Crippen LogP contribution in [0, 0.1) is 0 Å². The van der Waals surface area contributed by atoms with Crippen LogP contribution in [0.15, 0.2) is 24.3 Å². The van der Waals surface area contributed by atoms with E-state index in [1.54, 1.807) is 29.2 Å². The molecule has 2 atom stereocenters. The third kappa shape index (κ3) is 1.74. The standard InChI is InChI=1S/C11H12N2O3S2/c14-10-4-2-1-3-8(10)13-9-6-18(15,16)5-7(9)12-11(13)17/h1-4,7,9,14H,5-6H2,(H,12,17)/t7-,9+/m1/s1. The zero-order valence-electron chi connectivity index (χ0n) is 9.41. The van der Waals surface area contributed by atoms with Gasteiger partial charge in [0.1, 0.15) is 5.75 Å². The summed E-state index contributed by atoms with van der Waals surface area (Å²) in [5.74, 6) is 0.271. The number of para-hydroxylation sites is 2. The molecular weight excluding hydrogens is 272 g/mol. The molecule has 0 aliphatic carbocycles. The summed E-state index contributed by atoms with van der Waals surface area (Å²) in [6.07, 6.45) is 0. The van der Waals surface area contributed by atoms with Crippen molar-refractivity contribution in [3.8, 4) is 5.75 Å². The van der Waals surface area contributed by atoms with Gasteiger partial charge in [0.05, 0.1) is 29.3 Å². The van der Waals surface area contributed by atoms with Crippen LogP contribution in [0.2, 0.25) is 0 Å². The van der Waals surface area contributed by atoms with Gasteiger partial charge in [-0.25, -0.2) is 8.42 Å². The topological polar surface area (TPSA) is 69.6 Å². The highest BCUT2D eigenvalue weighted by Gasteiger charge is 2.48. The van der Waals surface area contributed by atoms with Gasteiger partial charge in [-0.3, -0.25) is 0 Å². The van der Waals surface area contributed by atoms with Crippen molar-refractivity contribution in [3.05, 3.63) is 24.3 Å². The van der Waals surface area contributed by atoms with E-state index in [2.05, 4.69) is 5.32 Å². The lowest BCUT2D eigenvalue weighted by Gasteiger charge is -2.23. The maximum Gasteiger partial charge on any atom is 0.174 e. The average molecular weight is 284 g/mol. The molecule has 0 bridgehead atoms. The van der Waals surface area contributed by atoms with Gasteiger partial charge in [0.25, 0.3) is 0 Å². The first kappa shape index (κ1) is 11.7. The van der Waals surface area contributed by atoms with Crippen molar-refractivity contribution in [2.45, 2.75) is 12.1 Å². The first-order valence-corrected chi connectivity index (χ1v) is 7.79. The number of sulfone groups is 1. The molecule has 18 heavy (non-hydrogen) atoms. The molecule has 1 aromatic rings. The number of hydrogen-bond acceptors (Lipinski definition) is 4. The minimum Gasteiger partial charge on any atom is -0.506 e. The summed E-state index contributed by atoms with van der Waals surface area (Å²) in [7, 11) is -3.03. The van der Waals surface area contributed by atoms with E-state index >= 15 is 0 Å². The van der Waals surface area contributed by atoms with Gasteiger partial charge in [-0.1, -0.05) is 12.1 Å². The Morgan fingerprint density at radius 1 is 1.33 bits per heavy atom. The Kier molecular flexibility index (Phi) is 2.49. The van der Waals surface area contributed by atoms with Crippen LogP contribution in [0.4, 0.5) is 5.69 Å². The maximum absolute atomic E-state index is 11.6. The lowest BCUT2D eigenvalue weighted by atomic mass is 10.1. The largest absolute Gasteiger partial charge is 0.506 e. The zero-order chi connectivity index (χ0) is 12.9. The van der Waals surface area contributed by atoms with Crippen LogP contribution < -0.4 is 10.2 Å². The van der Waals surface area contributed by atoms with Crippen LogP contribution in [-0.4, -0.2) is 42.2 Å². The molecule has 2 aliphatic heterocycles. The van der Waals surface area contributed by atoms with Gasteiger partial charge in [-0.15, -0.1) is 0 Å². The van der Waals surface area contributed by atoms with Crippen LogP contribution in [-0.2, 0) is 9.84 Å². The van der Waals surface area contributed by atoms with Gasteiger partial charge in [0.15, 0.2) is 14.9 Å². The van der Waals surface area contributed by atoms with Crippen LogP contribution in [0.1, 0.15) is 0 Å². The summed E-state index contributed by atoms with van der Waals surface area (Å²) in [5.41, 5.74) is 0.555. The van der Waals surface area contributed by atoms with E-state index in [4.69, 9.17) is 12.2 Å². The molecule has 1 aromatic carbocycles. The van der Waals surface area contributed by atoms with Crippen molar-refractivity contribution in [1.82, 2.24) is 5.32 Å². The molecule has 0 saturated carbocycles. The van der Waals surface area contributed by atoms with E-state index in [1.807, 2.05) is 0 Å². The fourth-order valence-corrected chi connectivity index (χ4v) is 4.83. The second-order valence-corrected chi connectivity index (χ2v) is 7.10. The molecule has 0 unspecified atom stereocenters. The van der Waals surface area contributed by atoms with E-state index in [-0.39, 0.29) is 29.3 Å². The van der Waals surface area contributed by atoms with Crippen molar-refractivity contribution >= 4 is 32.9 Å². The minimum absolute atomic E-state index is 0.0686. The molecular formula is C11H12N2O3S2. The fourth-order valence-electron chi connectivity index (χ4n) is 2.56. The lowest BCUT2D eigenvalue weighted by Crippen LogP contribution is -2.36. The van der Waals surface area contributed by atoms with Crippen molar-refractivity contribution in [1.29, 1.82) is 0 Å². The molecule has 2 N–H and O–H groups in total. The Labute approximate surface area is 110 Å². The van der Waals surface area contributed by atoms with Gasteiger partial charge in [-0.05, 0) is 24.4 Å². The quantitative estimate of drug-likeness (QED) is 0.721. The predicted octanol–water partition coefficient (Wildman–Crippen LogP) is 0.252. The summed E-state index contributed by atoms with van der Waals surface area (Å²) in [5, 5.41) is 13.3. The molecule has 0 aromatic heterocycles. The van der Waals surface area contributed by atoms with Crippen molar-refractivity contribution in [2.24, 2.45) is 0 Å². The third-order valence-corrected chi connectivity index (χ3v) is 5.35. The molecule has 7 heteroatoms. The van der Waals surface area contributed by atoms with Crippen molar-refractivity contribution in [3.63, 3.8) is 0 Å². The second-order valence-electron chi connectivity index (χ2n) is 4.56. The Balaban J connectivity index is 2.02. The van der Waals surface area contributed by atoms with E-state index in [1.165, 1.54) is 0 Å². The van der Waals surface area contributed by atoms with E-state index in [0.717, 1.165) is 0 Å². The number of anilines is 1. The number of nitrogens with one attached hydrogen (secondary N) is 1. The van der Waals surface area contributed by atoms with Crippen LogP contribution in [0.3, 0.4) is 0 Å². The number of benzene rings is 1. The molecule has 0 radical (unpaired) electrons. The van der Waals surface area contributed by atoms with Crippen LogP contribution in [0.25, 0.3) is 0 Å². The number of aromatic hydroxyl groups is 1. The van der Waals surface area contributed by atoms with Gasteiger partial charge in [0.2, 0.25) is 0 Å². The number of fused-ring (bicyclic) bond motifs is 1.